The highest BCUT2D eigenvalue weighted by Gasteiger charge is 2.09. The minimum absolute atomic E-state index is 0.0168. The molecular weight excluding hydrogens is 344 g/mol. The molecule has 0 fully saturated rings. The van der Waals surface area contributed by atoms with Crippen LogP contribution in [0.25, 0.3) is 0 Å². The third-order valence-corrected chi connectivity index (χ3v) is 4.76. The molecule has 0 bridgehead atoms. The molecule has 0 unspecified atom stereocenters. The Morgan fingerprint density at radius 3 is 1.68 bits per heavy atom. The van der Waals surface area contributed by atoms with Gasteiger partial charge in [0.2, 0.25) is 0 Å². The Balaban J connectivity index is 3.65. The van der Waals surface area contributed by atoms with Gasteiger partial charge < -0.3 is 9.47 Å². The molecule has 0 aliphatic carbocycles. The quantitative estimate of drug-likeness (QED) is 0.128. The zero-order valence-corrected chi connectivity index (χ0v) is 19.1. The van der Waals surface area contributed by atoms with Crippen molar-refractivity contribution in [3.63, 3.8) is 0 Å². The van der Waals surface area contributed by atoms with Crippen molar-refractivity contribution >= 4 is 0 Å². The Labute approximate surface area is 176 Å². The summed E-state index contributed by atoms with van der Waals surface area (Å²) in [6, 6.07) is 0. The molecule has 2 heteroatoms. The van der Waals surface area contributed by atoms with Crippen molar-refractivity contribution in [1.82, 2.24) is 0 Å². The van der Waals surface area contributed by atoms with Gasteiger partial charge in [0.15, 0.2) is 6.29 Å². The molecular formula is C26H46O2. The number of rotatable bonds is 19. The minimum atomic E-state index is 0.0168. The summed E-state index contributed by atoms with van der Waals surface area (Å²) >= 11 is 0. The molecule has 0 aliphatic rings. The third kappa shape index (κ3) is 21.3. The van der Waals surface area contributed by atoms with Gasteiger partial charge in [-0.15, -0.1) is 0 Å². The van der Waals surface area contributed by atoms with Crippen molar-refractivity contribution in [2.45, 2.75) is 130 Å². The molecule has 0 saturated carbocycles. The van der Waals surface area contributed by atoms with Crippen molar-refractivity contribution in [2.75, 3.05) is 13.2 Å². The molecule has 0 aliphatic heterocycles. The van der Waals surface area contributed by atoms with Gasteiger partial charge in [-0.25, -0.2) is 0 Å². The van der Waals surface area contributed by atoms with Crippen molar-refractivity contribution < 1.29 is 9.47 Å². The van der Waals surface area contributed by atoms with Gasteiger partial charge in [-0.1, -0.05) is 90.4 Å². The zero-order chi connectivity index (χ0) is 20.5. The first-order valence-electron chi connectivity index (χ1n) is 12.0. The first-order valence-corrected chi connectivity index (χ1v) is 12.0. The normalized spacial score (nSPS) is 10.4. The zero-order valence-electron chi connectivity index (χ0n) is 19.1. The first kappa shape index (κ1) is 27.0. The minimum Gasteiger partial charge on any atom is -0.353 e. The van der Waals surface area contributed by atoms with Crippen LogP contribution in [0.2, 0.25) is 0 Å². The molecule has 2 nitrogen and oxygen atoms in total. The van der Waals surface area contributed by atoms with Crippen molar-refractivity contribution in [1.29, 1.82) is 0 Å². The lowest BCUT2D eigenvalue weighted by molar-refractivity contribution is -0.148. The summed E-state index contributed by atoms with van der Waals surface area (Å²) in [5.74, 6) is 11.9. The number of unbranched alkanes of at least 4 members (excludes halogenated alkanes) is 11. The predicted molar refractivity (Wildman–Crippen MR) is 122 cm³/mol. The molecule has 0 radical (unpaired) electrons. The fourth-order valence-corrected chi connectivity index (χ4v) is 3.00. The van der Waals surface area contributed by atoms with Crippen LogP contribution >= 0.6 is 0 Å². The molecule has 162 valence electrons. The van der Waals surface area contributed by atoms with Crippen LogP contribution in [-0.4, -0.2) is 19.5 Å². The highest BCUT2D eigenvalue weighted by molar-refractivity contribution is 5.25. The summed E-state index contributed by atoms with van der Waals surface area (Å²) in [5, 5.41) is 0. The monoisotopic (exact) mass is 390 g/mol. The molecule has 0 rings (SSSR count). The second-order valence-corrected chi connectivity index (χ2v) is 7.56. The summed E-state index contributed by atoms with van der Waals surface area (Å²) in [6.45, 7) is 8.21. The van der Waals surface area contributed by atoms with E-state index in [2.05, 4.69) is 44.5 Å². The van der Waals surface area contributed by atoms with E-state index in [1.807, 2.05) is 0 Å². The van der Waals surface area contributed by atoms with Crippen LogP contribution in [0.5, 0.6) is 0 Å². The summed E-state index contributed by atoms with van der Waals surface area (Å²) in [7, 11) is 0. The van der Waals surface area contributed by atoms with E-state index < -0.39 is 0 Å². The molecule has 0 amide bonds. The molecule has 0 aromatic rings. The van der Waals surface area contributed by atoms with Crippen molar-refractivity contribution in [3.05, 3.63) is 0 Å². The van der Waals surface area contributed by atoms with Gasteiger partial charge in [-0.3, -0.25) is 0 Å². The van der Waals surface area contributed by atoms with Crippen LogP contribution < -0.4 is 0 Å². The maximum Gasteiger partial charge on any atom is 0.157 e. The highest BCUT2D eigenvalue weighted by atomic mass is 16.7. The molecule has 0 aromatic heterocycles. The van der Waals surface area contributed by atoms with E-state index in [1.165, 1.54) is 70.6 Å². The van der Waals surface area contributed by atoms with Crippen LogP contribution in [-0.2, 0) is 9.47 Å². The summed E-state index contributed by atoms with van der Waals surface area (Å²) in [6.07, 6.45) is 19.2. The molecule has 0 atom stereocenters. The van der Waals surface area contributed by atoms with Gasteiger partial charge >= 0.3 is 0 Å². The van der Waals surface area contributed by atoms with E-state index in [0.29, 0.717) is 0 Å². The molecule has 0 saturated heterocycles. The van der Waals surface area contributed by atoms with Crippen LogP contribution in [0.3, 0.4) is 0 Å². The Bertz CT molecular complexity index is 409. The Kier molecular flexibility index (Phi) is 23.3. The average molecular weight is 391 g/mol. The number of hydrogen-bond donors (Lipinski definition) is 0. The topological polar surface area (TPSA) is 18.5 Å². The van der Waals surface area contributed by atoms with Crippen LogP contribution in [0, 0.1) is 23.7 Å². The van der Waals surface area contributed by atoms with E-state index in [-0.39, 0.29) is 6.29 Å². The fraction of sp³-hybridized carbons (Fsp3) is 0.846. The molecule has 0 spiro atoms. The third-order valence-electron chi connectivity index (χ3n) is 4.76. The van der Waals surface area contributed by atoms with Crippen molar-refractivity contribution in [3.8, 4) is 23.7 Å². The Hall–Kier alpha value is -0.960. The van der Waals surface area contributed by atoms with Crippen LogP contribution in [0.1, 0.15) is 124 Å². The standard InChI is InChI=1S/C26H46O2/c1-4-7-10-11-12-13-14-15-16-17-18-19-20-23-26(27-24-21-8-5-2)28-25-22-9-6-3/h26H,4-6,8-9,13-25H2,1-3H3. The summed E-state index contributed by atoms with van der Waals surface area (Å²) in [4.78, 5) is 0. The fourth-order valence-electron chi connectivity index (χ4n) is 3.00. The summed E-state index contributed by atoms with van der Waals surface area (Å²) in [5.41, 5.74) is 0. The molecule has 28 heavy (non-hydrogen) atoms. The largest absolute Gasteiger partial charge is 0.353 e. The van der Waals surface area contributed by atoms with Gasteiger partial charge in [0.05, 0.1) is 0 Å². The molecule has 0 heterocycles. The highest BCUT2D eigenvalue weighted by Crippen LogP contribution is 2.14. The predicted octanol–water partition coefficient (Wildman–Crippen LogP) is 7.65. The lowest BCUT2D eigenvalue weighted by Crippen LogP contribution is -2.19. The Morgan fingerprint density at radius 2 is 1.11 bits per heavy atom. The Morgan fingerprint density at radius 1 is 0.571 bits per heavy atom. The summed E-state index contributed by atoms with van der Waals surface area (Å²) < 4.78 is 12.0. The second-order valence-electron chi connectivity index (χ2n) is 7.56. The van der Waals surface area contributed by atoms with Gasteiger partial charge in [0.1, 0.15) is 0 Å². The van der Waals surface area contributed by atoms with Crippen LogP contribution in [0.4, 0.5) is 0 Å². The lowest BCUT2D eigenvalue weighted by atomic mass is 10.1. The molecule has 0 aromatic carbocycles. The van der Waals surface area contributed by atoms with E-state index in [0.717, 1.165) is 45.3 Å². The van der Waals surface area contributed by atoms with Gasteiger partial charge in [-0.2, -0.15) is 0 Å². The molecule has 0 N–H and O–H groups in total. The SMILES string of the molecule is CCC#CC#CCCCCCCCCCC(OCCCCC)OCCCCC. The smallest absolute Gasteiger partial charge is 0.157 e. The van der Waals surface area contributed by atoms with E-state index >= 15 is 0 Å². The lowest BCUT2D eigenvalue weighted by Gasteiger charge is -2.18. The van der Waals surface area contributed by atoms with E-state index in [9.17, 15) is 0 Å². The van der Waals surface area contributed by atoms with Crippen LogP contribution in [0.15, 0.2) is 0 Å². The maximum atomic E-state index is 5.99. The van der Waals surface area contributed by atoms with Gasteiger partial charge in [-0.05, 0) is 43.9 Å². The van der Waals surface area contributed by atoms with Gasteiger partial charge in [0, 0.05) is 26.1 Å². The van der Waals surface area contributed by atoms with Gasteiger partial charge in [0.25, 0.3) is 0 Å². The number of hydrogen-bond acceptors (Lipinski definition) is 2. The van der Waals surface area contributed by atoms with E-state index in [1.54, 1.807) is 0 Å². The van der Waals surface area contributed by atoms with E-state index in [4.69, 9.17) is 9.47 Å². The average Bonchev–Trinajstić information content (AvgIpc) is 2.71. The first-order chi connectivity index (χ1) is 13.8. The maximum absolute atomic E-state index is 5.99. The number of ether oxygens (including phenoxy) is 2. The van der Waals surface area contributed by atoms with Crippen molar-refractivity contribution in [2.24, 2.45) is 0 Å². The second kappa shape index (κ2) is 24.1.